The van der Waals surface area contributed by atoms with Crippen molar-refractivity contribution in [3.05, 3.63) is 53.3 Å². The lowest BCUT2D eigenvalue weighted by molar-refractivity contribution is 0.0200. The molecule has 1 saturated heterocycles. The van der Waals surface area contributed by atoms with Crippen LogP contribution in [-0.4, -0.2) is 54.1 Å². The Kier molecular flexibility index (Phi) is 5.34. The number of nitrogens with zero attached hydrogens (tertiary/aromatic N) is 4. The summed E-state index contributed by atoms with van der Waals surface area (Å²) in [5.74, 6) is 0.644. The Bertz CT molecular complexity index is 787. The van der Waals surface area contributed by atoms with Crippen LogP contribution in [0.4, 0.5) is 5.95 Å². The second-order valence-corrected chi connectivity index (χ2v) is 7.31. The number of hydrogen-bond acceptors (Lipinski definition) is 5. The largest absolute Gasteiger partial charge is 0.371 e. The van der Waals surface area contributed by atoms with Gasteiger partial charge < -0.3 is 14.5 Å². The smallest absolute Gasteiger partial charge is 0.256 e. The van der Waals surface area contributed by atoms with Gasteiger partial charge in [0.25, 0.3) is 5.91 Å². The molecule has 142 valence electrons. The minimum atomic E-state index is -0.0857. The van der Waals surface area contributed by atoms with Crippen molar-refractivity contribution in [2.45, 2.75) is 31.8 Å². The van der Waals surface area contributed by atoms with Crippen LogP contribution in [-0.2, 0) is 11.2 Å². The van der Waals surface area contributed by atoms with E-state index in [9.17, 15) is 4.79 Å². The Hall–Kier alpha value is -2.47. The molecule has 0 unspecified atom stereocenters. The first-order valence-electron chi connectivity index (χ1n) is 9.74. The van der Waals surface area contributed by atoms with Gasteiger partial charge in [0.1, 0.15) is 6.10 Å². The average molecular weight is 366 g/mol. The third-order valence-corrected chi connectivity index (χ3v) is 5.40. The molecule has 0 saturated carbocycles. The zero-order chi connectivity index (χ0) is 18.6. The molecule has 1 aromatic carbocycles. The number of amides is 1. The van der Waals surface area contributed by atoms with E-state index in [1.54, 1.807) is 17.3 Å². The number of rotatable bonds is 4. The number of piperidine rings is 1. The Balaban J connectivity index is 1.42. The first-order chi connectivity index (χ1) is 13.2. The Morgan fingerprint density at radius 1 is 1.19 bits per heavy atom. The molecule has 6 heteroatoms. The van der Waals surface area contributed by atoms with E-state index in [0.29, 0.717) is 18.7 Å². The summed E-state index contributed by atoms with van der Waals surface area (Å²) in [4.78, 5) is 25.5. The van der Waals surface area contributed by atoms with Crippen LogP contribution in [0, 0.1) is 0 Å². The number of carbonyl (C=O) groups excluding carboxylic acids is 1. The summed E-state index contributed by atoms with van der Waals surface area (Å²) in [7, 11) is 1.81. The van der Waals surface area contributed by atoms with Crippen molar-refractivity contribution in [3.8, 4) is 0 Å². The highest BCUT2D eigenvalue weighted by Crippen LogP contribution is 2.27. The van der Waals surface area contributed by atoms with Crippen molar-refractivity contribution in [2.24, 2.45) is 0 Å². The number of anilines is 1. The molecule has 0 aliphatic carbocycles. The Morgan fingerprint density at radius 3 is 2.70 bits per heavy atom. The molecule has 1 aromatic heterocycles. The van der Waals surface area contributed by atoms with E-state index in [2.05, 4.69) is 33.1 Å². The van der Waals surface area contributed by atoms with Crippen LogP contribution < -0.4 is 4.90 Å². The molecule has 1 atom stereocenters. The van der Waals surface area contributed by atoms with Crippen LogP contribution in [0.1, 0.15) is 46.9 Å². The fourth-order valence-corrected chi connectivity index (χ4v) is 3.87. The van der Waals surface area contributed by atoms with Crippen molar-refractivity contribution < 1.29 is 9.53 Å². The molecule has 0 radical (unpaired) electrons. The standard InChI is InChI=1S/C21H26N4O2/c1-24(15-19-18-8-4-3-7-16(18)9-12-27-19)20(26)17-13-22-21(23-14-17)25-10-5-2-6-11-25/h3-4,7-8,13-14,19H,2,5-6,9-12,15H2,1H3/t19-/m0/s1. The number of benzene rings is 1. The maximum absolute atomic E-state index is 12.8. The van der Waals surface area contributed by atoms with Gasteiger partial charge in [0.05, 0.1) is 18.7 Å². The molecule has 0 N–H and O–H groups in total. The molecule has 2 aliphatic rings. The fraction of sp³-hybridized carbons (Fsp3) is 0.476. The zero-order valence-corrected chi connectivity index (χ0v) is 15.8. The monoisotopic (exact) mass is 366 g/mol. The highest BCUT2D eigenvalue weighted by Gasteiger charge is 2.24. The number of likely N-dealkylation sites (N-methyl/N-ethyl adjacent to an activating group) is 1. The number of aromatic nitrogens is 2. The lowest BCUT2D eigenvalue weighted by atomic mass is 9.97. The first kappa shape index (κ1) is 17.9. The van der Waals surface area contributed by atoms with Gasteiger partial charge in [-0.25, -0.2) is 9.97 Å². The summed E-state index contributed by atoms with van der Waals surface area (Å²) in [5.41, 5.74) is 3.01. The van der Waals surface area contributed by atoms with Crippen molar-refractivity contribution >= 4 is 11.9 Å². The quantitative estimate of drug-likeness (QED) is 0.833. The van der Waals surface area contributed by atoms with Gasteiger partial charge in [-0.05, 0) is 36.8 Å². The van der Waals surface area contributed by atoms with Crippen molar-refractivity contribution in [1.82, 2.24) is 14.9 Å². The average Bonchev–Trinajstić information content (AvgIpc) is 2.74. The van der Waals surface area contributed by atoms with Crippen molar-refractivity contribution in [2.75, 3.05) is 38.2 Å². The van der Waals surface area contributed by atoms with Crippen LogP contribution in [0.2, 0.25) is 0 Å². The molecule has 2 aliphatic heterocycles. The van der Waals surface area contributed by atoms with E-state index < -0.39 is 0 Å². The lowest BCUT2D eigenvalue weighted by Crippen LogP contribution is -2.34. The van der Waals surface area contributed by atoms with Crippen molar-refractivity contribution in [1.29, 1.82) is 0 Å². The van der Waals surface area contributed by atoms with E-state index in [4.69, 9.17) is 4.74 Å². The summed E-state index contributed by atoms with van der Waals surface area (Å²) in [6.45, 7) is 3.19. The van der Waals surface area contributed by atoms with E-state index in [1.165, 1.54) is 30.4 Å². The third-order valence-electron chi connectivity index (χ3n) is 5.40. The van der Waals surface area contributed by atoms with Gasteiger partial charge in [-0.15, -0.1) is 0 Å². The van der Waals surface area contributed by atoms with E-state index in [1.807, 2.05) is 13.1 Å². The Morgan fingerprint density at radius 2 is 1.93 bits per heavy atom. The number of hydrogen-bond donors (Lipinski definition) is 0. The normalized spacial score (nSPS) is 19.4. The van der Waals surface area contributed by atoms with E-state index in [0.717, 1.165) is 25.5 Å². The second-order valence-electron chi connectivity index (χ2n) is 7.31. The highest BCUT2D eigenvalue weighted by molar-refractivity contribution is 5.93. The predicted molar refractivity (Wildman–Crippen MR) is 104 cm³/mol. The van der Waals surface area contributed by atoms with Crippen LogP contribution in [0.5, 0.6) is 0 Å². The first-order valence-corrected chi connectivity index (χ1v) is 9.74. The maximum atomic E-state index is 12.8. The molecule has 6 nitrogen and oxygen atoms in total. The topological polar surface area (TPSA) is 58.6 Å². The molecule has 27 heavy (non-hydrogen) atoms. The van der Waals surface area contributed by atoms with E-state index >= 15 is 0 Å². The van der Waals surface area contributed by atoms with Gasteiger partial charge in [-0.3, -0.25) is 4.79 Å². The Labute approximate surface area is 160 Å². The van der Waals surface area contributed by atoms with Crippen LogP contribution in [0.15, 0.2) is 36.7 Å². The van der Waals surface area contributed by atoms with Gasteiger partial charge in [0.15, 0.2) is 0 Å². The maximum Gasteiger partial charge on any atom is 0.256 e. The van der Waals surface area contributed by atoms with Gasteiger partial charge in [0, 0.05) is 32.5 Å². The van der Waals surface area contributed by atoms with Gasteiger partial charge in [-0.1, -0.05) is 24.3 Å². The molecule has 1 fully saturated rings. The number of carbonyl (C=O) groups is 1. The van der Waals surface area contributed by atoms with Crippen LogP contribution in [0.25, 0.3) is 0 Å². The van der Waals surface area contributed by atoms with Gasteiger partial charge in [0.2, 0.25) is 5.95 Å². The third kappa shape index (κ3) is 3.95. The summed E-state index contributed by atoms with van der Waals surface area (Å²) >= 11 is 0. The highest BCUT2D eigenvalue weighted by atomic mass is 16.5. The SMILES string of the molecule is CN(C[C@@H]1OCCc2ccccc21)C(=O)c1cnc(N2CCCCC2)nc1. The minimum Gasteiger partial charge on any atom is -0.371 e. The lowest BCUT2D eigenvalue weighted by Gasteiger charge is -2.30. The van der Waals surface area contributed by atoms with Crippen LogP contribution in [0.3, 0.4) is 0 Å². The molecule has 2 aromatic rings. The minimum absolute atomic E-state index is 0.0770. The molecular formula is C21H26N4O2. The fourth-order valence-electron chi connectivity index (χ4n) is 3.87. The molecule has 1 amide bonds. The molecule has 0 spiro atoms. The molecule has 4 rings (SSSR count). The summed E-state index contributed by atoms with van der Waals surface area (Å²) < 4.78 is 5.93. The molecular weight excluding hydrogens is 340 g/mol. The van der Waals surface area contributed by atoms with E-state index in [-0.39, 0.29) is 12.0 Å². The predicted octanol–water partition coefficient (Wildman–Crippen LogP) is 2.85. The summed E-state index contributed by atoms with van der Waals surface area (Å²) in [5, 5.41) is 0. The number of ether oxygens (including phenoxy) is 1. The number of fused-ring (bicyclic) bond motifs is 1. The van der Waals surface area contributed by atoms with Gasteiger partial charge in [-0.2, -0.15) is 0 Å². The van der Waals surface area contributed by atoms with Crippen LogP contribution >= 0.6 is 0 Å². The molecule has 0 bridgehead atoms. The zero-order valence-electron chi connectivity index (χ0n) is 15.8. The van der Waals surface area contributed by atoms with Crippen molar-refractivity contribution in [3.63, 3.8) is 0 Å². The molecule has 3 heterocycles. The summed E-state index contributed by atoms with van der Waals surface area (Å²) in [6.07, 6.45) is 7.75. The second kappa shape index (κ2) is 8.05. The summed E-state index contributed by atoms with van der Waals surface area (Å²) in [6, 6.07) is 8.31. The van der Waals surface area contributed by atoms with Gasteiger partial charge >= 0.3 is 0 Å².